The highest BCUT2D eigenvalue weighted by atomic mass is 19.1. The fourth-order valence-corrected chi connectivity index (χ4v) is 4.08. The van der Waals surface area contributed by atoms with Crippen molar-refractivity contribution in [3.8, 4) is 11.3 Å². The first-order valence-electron chi connectivity index (χ1n) is 9.69. The predicted octanol–water partition coefficient (Wildman–Crippen LogP) is 4.44. The molecule has 2 N–H and O–H groups in total. The van der Waals surface area contributed by atoms with Crippen molar-refractivity contribution in [3.05, 3.63) is 47.2 Å². The number of nitrogens with zero attached hydrogens (tertiary/aromatic N) is 3. The molecule has 1 aliphatic rings. The van der Waals surface area contributed by atoms with Gasteiger partial charge in [-0.25, -0.2) is 13.6 Å². The van der Waals surface area contributed by atoms with E-state index >= 15 is 0 Å². The second-order valence-corrected chi connectivity index (χ2v) is 7.67. The fourth-order valence-electron chi connectivity index (χ4n) is 4.08. The number of hydrogen-bond acceptors (Lipinski definition) is 3. The van der Waals surface area contributed by atoms with Gasteiger partial charge in [0.25, 0.3) is 0 Å². The van der Waals surface area contributed by atoms with Gasteiger partial charge in [0.2, 0.25) is 0 Å². The number of carbonyl (C=O) groups is 1. The molecular weight excluding hydrogens is 362 g/mol. The van der Waals surface area contributed by atoms with Crippen LogP contribution >= 0.6 is 0 Å². The number of fused-ring (bicyclic) bond motifs is 1. The normalized spacial score (nSPS) is 18.8. The summed E-state index contributed by atoms with van der Waals surface area (Å²) in [5, 5.41) is 8.52. The summed E-state index contributed by atoms with van der Waals surface area (Å²) in [6.07, 6.45) is 1.78. The third-order valence-corrected chi connectivity index (χ3v) is 5.62. The summed E-state index contributed by atoms with van der Waals surface area (Å²) >= 11 is 0. The van der Waals surface area contributed by atoms with Crippen LogP contribution in [0.4, 0.5) is 13.6 Å². The van der Waals surface area contributed by atoms with E-state index in [2.05, 4.69) is 24.0 Å². The minimum absolute atomic E-state index is 0.00414. The van der Waals surface area contributed by atoms with Crippen molar-refractivity contribution in [1.29, 1.82) is 0 Å². The molecule has 1 heterocycles. The summed E-state index contributed by atoms with van der Waals surface area (Å²) in [6.45, 7) is 7.11. The molecule has 1 aromatic heterocycles. The van der Waals surface area contributed by atoms with Gasteiger partial charge in [0, 0.05) is 19.0 Å². The largest absolute Gasteiger partial charge is 0.351 e. The molecule has 2 unspecified atom stereocenters. The zero-order valence-corrected chi connectivity index (χ0v) is 16.5. The Kier molecular flexibility index (Phi) is 5.91. The highest BCUT2D eigenvalue weighted by molar-refractivity contribution is 5.72. The number of primary amides is 1. The summed E-state index contributed by atoms with van der Waals surface area (Å²) in [6, 6.07) is 5.06. The number of hydrogen-bond donors (Lipinski definition) is 1. The van der Waals surface area contributed by atoms with Crippen molar-refractivity contribution in [2.24, 2.45) is 11.7 Å². The summed E-state index contributed by atoms with van der Waals surface area (Å²) in [7, 11) is 0. The maximum absolute atomic E-state index is 14.2. The van der Waals surface area contributed by atoms with E-state index in [0.717, 1.165) is 24.1 Å². The number of amides is 2. The van der Waals surface area contributed by atoms with E-state index in [1.807, 2.05) is 6.92 Å². The number of benzene rings is 1. The zero-order chi connectivity index (χ0) is 20.4. The van der Waals surface area contributed by atoms with Crippen molar-refractivity contribution in [2.45, 2.75) is 45.4 Å². The Bertz CT molecular complexity index is 851. The van der Waals surface area contributed by atoms with E-state index in [1.54, 1.807) is 11.0 Å². The molecule has 0 saturated heterocycles. The number of carbonyl (C=O) groups excluding carboxylic acids is 1. The van der Waals surface area contributed by atoms with Crippen molar-refractivity contribution in [2.75, 3.05) is 13.1 Å². The van der Waals surface area contributed by atoms with Crippen LogP contribution in [-0.4, -0.2) is 34.2 Å². The Morgan fingerprint density at radius 1 is 1.25 bits per heavy atom. The molecule has 2 atom stereocenters. The molecule has 1 aromatic carbocycles. The third kappa shape index (κ3) is 3.84. The van der Waals surface area contributed by atoms with Crippen LogP contribution < -0.4 is 5.73 Å². The second-order valence-electron chi connectivity index (χ2n) is 7.67. The smallest absolute Gasteiger partial charge is 0.314 e. The lowest BCUT2D eigenvalue weighted by atomic mass is 9.74. The molecule has 0 fully saturated rings. The SMILES string of the molecule is CCN(CC1CCC(C(C)C)c2cc(-c3c(F)cccc3F)nnc21)C(N)=O. The van der Waals surface area contributed by atoms with Crippen molar-refractivity contribution >= 4 is 6.03 Å². The van der Waals surface area contributed by atoms with Crippen LogP contribution in [0.2, 0.25) is 0 Å². The average molecular weight is 388 g/mol. The molecule has 3 rings (SSSR count). The van der Waals surface area contributed by atoms with Gasteiger partial charge in [-0.15, -0.1) is 0 Å². The van der Waals surface area contributed by atoms with Gasteiger partial charge in [-0.1, -0.05) is 19.9 Å². The van der Waals surface area contributed by atoms with Crippen LogP contribution in [0, 0.1) is 17.6 Å². The van der Waals surface area contributed by atoms with E-state index in [9.17, 15) is 13.6 Å². The number of nitrogens with two attached hydrogens (primary N) is 1. The highest BCUT2D eigenvalue weighted by Gasteiger charge is 2.33. The molecule has 0 aliphatic heterocycles. The Balaban J connectivity index is 2.05. The molecular formula is C21H26F2N4O. The third-order valence-electron chi connectivity index (χ3n) is 5.62. The Hall–Kier alpha value is -2.57. The van der Waals surface area contributed by atoms with Gasteiger partial charge in [-0.05, 0) is 55.4 Å². The van der Waals surface area contributed by atoms with E-state index in [-0.39, 0.29) is 23.1 Å². The number of rotatable bonds is 5. The maximum Gasteiger partial charge on any atom is 0.314 e. The lowest BCUT2D eigenvalue weighted by molar-refractivity contribution is 0.203. The van der Waals surface area contributed by atoms with Crippen molar-refractivity contribution in [3.63, 3.8) is 0 Å². The van der Waals surface area contributed by atoms with Crippen LogP contribution in [0.5, 0.6) is 0 Å². The van der Waals surface area contributed by atoms with Gasteiger partial charge in [0.15, 0.2) is 0 Å². The summed E-state index contributed by atoms with van der Waals surface area (Å²) in [5.41, 5.74) is 7.25. The maximum atomic E-state index is 14.2. The molecule has 0 saturated carbocycles. The van der Waals surface area contributed by atoms with E-state index in [0.29, 0.717) is 19.0 Å². The predicted molar refractivity (Wildman–Crippen MR) is 104 cm³/mol. The average Bonchev–Trinajstić information content (AvgIpc) is 2.65. The van der Waals surface area contributed by atoms with Crippen LogP contribution in [-0.2, 0) is 0 Å². The number of halogens is 2. The molecule has 150 valence electrons. The first kappa shape index (κ1) is 20.2. The Morgan fingerprint density at radius 2 is 1.93 bits per heavy atom. The minimum Gasteiger partial charge on any atom is -0.351 e. The van der Waals surface area contributed by atoms with Crippen LogP contribution in [0.3, 0.4) is 0 Å². The molecule has 28 heavy (non-hydrogen) atoms. The monoisotopic (exact) mass is 388 g/mol. The van der Waals surface area contributed by atoms with Crippen molar-refractivity contribution < 1.29 is 13.6 Å². The standard InChI is InChI=1S/C21H26F2N4O/c1-4-27(21(24)28)11-13-8-9-14(12(2)3)15-10-18(25-26-20(13)15)19-16(22)6-5-7-17(19)23/h5-7,10,12-14H,4,8-9,11H2,1-3H3,(H2,24,28). The molecule has 0 bridgehead atoms. The zero-order valence-electron chi connectivity index (χ0n) is 16.5. The van der Waals surface area contributed by atoms with Gasteiger partial charge in [-0.3, -0.25) is 0 Å². The molecule has 0 spiro atoms. The van der Waals surface area contributed by atoms with Gasteiger partial charge in [0.1, 0.15) is 11.6 Å². The summed E-state index contributed by atoms with van der Waals surface area (Å²) in [5.74, 6) is -0.744. The molecule has 2 aromatic rings. The molecule has 5 nitrogen and oxygen atoms in total. The lowest BCUT2D eigenvalue weighted by Gasteiger charge is -2.34. The van der Waals surface area contributed by atoms with Crippen molar-refractivity contribution in [1.82, 2.24) is 15.1 Å². The first-order valence-corrected chi connectivity index (χ1v) is 9.69. The first-order chi connectivity index (χ1) is 13.3. The van der Waals surface area contributed by atoms with Crippen LogP contribution in [0.1, 0.15) is 56.7 Å². The van der Waals surface area contributed by atoms with Crippen LogP contribution in [0.15, 0.2) is 24.3 Å². The quantitative estimate of drug-likeness (QED) is 0.823. The summed E-state index contributed by atoms with van der Waals surface area (Å²) < 4.78 is 28.5. The number of urea groups is 1. The van der Waals surface area contributed by atoms with E-state index < -0.39 is 17.7 Å². The van der Waals surface area contributed by atoms with Gasteiger partial charge >= 0.3 is 6.03 Å². The van der Waals surface area contributed by atoms with Gasteiger partial charge in [0.05, 0.1) is 17.0 Å². The molecule has 2 amide bonds. The fraction of sp³-hybridized carbons (Fsp3) is 0.476. The number of aromatic nitrogens is 2. The minimum atomic E-state index is -0.659. The lowest BCUT2D eigenvalue weighted by Crippen LogP contribution is -2.39. The molecule has 0 radical (unpaired) electrons. The highest BCUT2D eigenvalue weighted by Crippen LogP contribution is 2.42. The topological polar surface area (TPSA) is 72.1 Å². The van der Waals surface area contributed by atoms with Crippen LogP contribution in [0.25, 0.3) is 11.3 Å². The second kappa shape index (κ2) is 8.20. The summed E-state index contributed by atoms with van der Waals surface area (Å²) in [4.78, 5) is 13.2. The molecule has 7 heteroatoms. The Morgan fingerprint density at radius 3 is 2.50 bits per heavy atom. The van der Waals surface area contributed by atoms with E-state index in [4.69, 9.17) is 5.73 Å². The number of likely N-dealkylation sites (N-methyl/N-ethyl adjacent to an activating group) is 1. The van der Waals surface area contributed by atoms with Gasteiger partial charge < -0.3 is 10.6 Å². The van der Waals surface area contributed by atoms with E-state index in [1.165, 1.54) is 18.2 Å². The Labute approximate surface area is 163 Å². The molecule has 1 aliphatic carbocycles. The van der Waals surface area contributed by atoms with Gasteiger partial charge in [-0.2, -0.15) is 10.2 Å².